The van der Waals surface area contributed by atoms with Gasteiger partial charge in [0.1, 0.15) is 6.20 Å². The molecule has 0 saturated heterocycles. The number of aryl methyl sites for hydroxylation is 1. The van der Waals surface area contributed by atoms with E-state index < -0.39 is 4.92 Å². The molecule has 0 spiro atoms. The minimum absolute atomic E-state index is 0.0667. The highest BCUT2D eigenvalue weighted by Gasteiger charge is 2.21. The number of aromatic nitrogens is 2. The molecule has 90 valence electrons. The largest absolute Gasteiger partial charge is 0.469 e. The Kier molecular flexibility index (Phi) is 4.24. The van der Waals surface area contributed by atoms with Crippen molar-refractivity contribution in [3.05, 3.63) is 16.3 Å². The van der Waals surface area contributed by atoms with Gasteiger partial charge in [-0.15, -0.1) is 5.10 Å². The van der Waals surface area contributed by atoms with E-state index in [4.69, 9.17) is 10.5 Å². The molecule has 0 atom stereocenters. The third kappa shape index (κ3) is 3.20. The maximum Gasteiger partial charge on any atom is 0.350 e. The first-order valence-corrected chi connectivity index (χ1v) is 5.13. The molecule has 0 aliphatic heterocycles. The van der Waals surface area contributed by atoms with Gasteiger partial charge in [0.15, 0.2) is 0 Å². The van der Waals surface area contributed by atoms with Gasteiger partial charge in [-0.1, -0.05) is 0 Å². The molecule has 0 fully saturated rings. The van der Waals surface area contributed by atoms with Crippen molar-refractivity contribution in [1.29, 1.82) is 0 Å². The minimum Gasteiger partial charge on any atom is -0.469 e. The average Bonchev–Trinajstić information content (AvgIpc) is 2.57. The summed E-state index contributed by atoms with van der Waals surface area (Å²) in [6, 6.07) is 0. The number of hydrogen-bond donors (Lipinski definition) is 1. The molecule has 0 amide bonds. The molecule has 0 aliphatic carbocycles. The molecule has 0 aromatic carbocycles. The number of rotatable bonds is 6. The van der Waals surface area contributed by atoms with Crippen molar-refractivity contribution < 1.29 is 9.66 Å². The van der Waals surface area contributed by atoms with Gasteiger partial charge >= 0.3 is 11.6 Å². The van der Waals surface area contributed by atoms with Crippen molar-refractivity contribution in [2.24, 2.45) is 5.73 Å². The number of nitrogens with zero attached hydrogens (tertiary/aromatic N) is 3. The lowest BCUT2D eigenvalue weighted by Crippen LogP contribution is -2.09. The Morgan fingerprint density at radius 2 is 2.38 bits per heavy atom. The summed E-state index contributed by atoms with van der Waals surface area (Å²) >= 11 is 0. The lowest BCUT2D eigenvalue weighted by atomic mass is 10.4. The van der Waals surface area contributed by atoms with Crippen LogP contribution in [0.2, 0.25) is 0 Å². The van der Waals surface area contributed by atoms with E-state index in [9.17, 15) is 10.1 Å². The molecule has 0 unspecified atom stereocenters. The number of hydrogen-bond acceptors (Lipinski definition) is 5. The summed E-state index contributed by atoms with van der Waals surface area (Å²) in [4.78, 5) is 10.2. The first-order valence-electron chi connectivity index (χ1n) is 5.13. The van der Waals surface area contributed by atoms with Gasteiger partial charge in [0.2, 0.25) is 0 Å². The van der Waals surface area contributed by atoms with Crippen LogP contribution < -0.4 is 10.5 Å². The zero-order valence-corrected chi connectivity index (χ0v) is 9.42. The molecule has 1 aromatic rings. The zero-order valence-electron chi connectivity index (χ0n) is 9.42. The van der Waals surface area contributed by atoms with Gasteiger partial charge in [0.25, 0.3) is 0 Å². The van der Waals surface area contributed by atoms with Crippen LogP contribution in [0, 0.1) is 10.1 Å². The molecule has 7 heteroatoms. The molecule has 7 nitrogen and oxygen atoms in total. The molecule has 0 saturated carbocycles. The van der Waals surface area contributed by atoms with Crippen LogP contribution >= 0.6 is 0 Å². The Balaban J connectivity index is 2.86. The monoisotopic (exact) mass is 228 g/mol. The van der Waals surface area contributed by atoms with Crippen molar-refractivity contribution >= 4 is 5.69 Å². The van der Waals surface area contributed by atoms with Crippen LogP contribution in [0.15, 0.2) is 6.20 Å². The molecule has 1 aromatic heterocycles. The van der Waals surface area contributed by atoms with Crippen LogP contribution in [0.1, 0.15) is 20.3 Å². The van der Waals surface area contributed by atoms with E-state index >= 15 is 0 Å². The van der Waals surface area contributed by atoms with Gasteiger partial charge in [-0.2, -0.15) is 0 Å². The van der Waals surface area contributed by atoms with Crippen LogP contribution in [0.5, 0.6) is 5.88 Å². The Morgan fingerprint density at radius 1 is 1.69 bits per heavy atom. The predicted molar refractivity (Wildman–Crippen MR) is 58.3 cm³/mol. The highest BCUT2D eigenvalue weighted by atomic mass is 16.6. The van der Waals surface area contributed by atoms with E-state index in [1.807, 2.05) is 0 Å². The van der Waals surface area contributed by atoms with Gasteiger partial charge in [0.05, 0.1) is 11.0 Å². The average molecular weight is 228 g/mol. The first-order chi connectivity index (χ1) is 7.54. The second-order valence-electron chi connectivity index (χ2n) is 3.65. The van der Waals surface area contributed by atoms with Gasteiger partial charge in [0, 0.05) is 6.54 Å². The molecule has 0 aliphatic rings. The van der Waals surface area contributed by atoms with Crippen molar-refractivity contribution in [3.8, 4) is 5.88 Å². The molecular formula is C9H16N4O3. The Labute approximate surface area is 93.3 Å². The van der Waals surface area contributed by atoms with E-state index in [0.717, 1.165) is 6.42 Å². The summed E-state index contributed by atoms with van der Waals surface area (Å²) in [6.07, 6.45) is 1.95. The van der Waals surface area contributed by atoms with E-state index in [-0.39, 0.29) is 17.7 Å². The molecule has 1 heterocycles. The molecule has 1 rings (SSSR count). The maximum absolute atomic E-state index is 10.7. The van der Waals surface area contributed by atoms with Crippen LogP contribution in [-0.2, 0) is 6.54 Å². The van der Waals surface area contributed by atoms with Gasteiger partial charge in [-0.25, -0.2) is 0 Å². The van der Waals surface area contributed by atoms with Crippen molar-refractivity contribution in [2.75, 3.05) is 6.54 Å². The SMILES string of the molecule is CC(C)Oc1nn(CCCN)cc1[N+](=O)[O-]. The summed E-state index contributed by atoms with van der Waals surface area (Å²) in [5.74, 6) is 0.0667. The molecule has 2 N–H and O–H groups in total. The maximum atomic E-state index is 10.7. The van der Waals surface area contributed by atoms with Crippen molar-refractivity contribution in [1.82, 2.24) is 9.78 Å². The lowest BCUT2D eigenvalue weighted by molar-refractivity contribution is -0.386. The first kappa shape index (κ1) is 12.4. The fourth-order valence-electron chi connectivity index (χ4n) is 1.19. The fourth-order valence-corrected chi connectivity index (χ4v) is 1.19. The van der Waals surface area contributed by atoms with Gasteiger partial charge < -0.3 is 10.5 Å². The van der Waals surface area contributed by atoms with Crippen molar-refractivity contribution in [3.63, 3.8) is 0 Å². The molecule has 0 bridgehead atoms. The lowest BCUT2D eigenvalue weighted by Gasteiger charge is -2.04. The van der Waals surface area contributed by atoms with E-state index in [2.05, 4.69) is 5.10 Å². The Morgan fingerprint density at radius 3 is 2.88 bits per heavy atom. The second kappa shape index (κ2) is 5.45. The third-order valence-corrected chi connectivity index (χ3v) is 1.85. The normalized spacial score (nSPS) is 10.8. The third-order valence-electron chi connectivity index (χ3n) is 1.85. The molecule has 0 radical (unpaired) electrons. The summed E-state index contributed by atoms with van der Waals surface area (Å²) in [5, 5.41) is 14.7. The zero-order chi connectivity index (χ0) is 12.1. The molecular weight excluding hydrogens is 212 g/mol. The Hall–Kier alpha value is -1.63. The number of nitrogens with two attached hydrogens (primary N) is 1. The fraction of sp³-hybridized carbons (Fsp3) is 0.667. The van der Waals surface area contributed by atoms with Crippen LogP contribution in [0.25, 0.3) is 0 Å². The van der Waals surface area contributed by atoms with Crippen LogP contribution in [-0.4, -0.2) is 27.4 Å². The second-order valence-corrected chi connectivity index (χ2v) is 3.65. The number of nitro groups is 1. The standard InChI is InChI=1S/C9H16N4O3/c1-7(2)16-9-8(13(14)15)6-12(11-9)5-3-4-10/h6-7H,3-5,10H2,1-2H3. The highest BCUT2D eigenvalue weighted by Crippen LogP contribution is 2.25. The Bertz CT molecular complexity index is 362. The van der Waals surface area contributed by atoms with E-state index in [0.29, 0.717) is 13.1 Å². The topological polar surface area (TPSA) is 96.2 Å². The summed E-state index contributed by atoms with van der Waals surface area (Å²) in [7, 11) is 0. The van der Waals surface area contributed by atoms with Gasteiger partial charge in [-0.05, 0) is 26.8 Å². The quantitative estimate of drug-likeness (QED) is 0.577. The van der Waals surface area contributed by atoms with Crippen LogP contribution in [0.4, 0.5) is 5.69 Å². The summed E-state index contributed by atoms with van der Waals surface area (Å²) in [6.45, 7) is 4.66. The smallest absolute Gasteiger partial charge is 0.350 e. The number of ether oxygens (including phenoxy) is 1. The molecule has 16 heavy (non-hydrogen) atoms. The summed E-state index contributed by atoms with van der Waals surface area (Å²) < 4.78 is 6.75. The predicted octanol–water partition coefficient (Wildman–Crippen LogP) is 0.927. The van der Waals surface area contributed by atoms with E-state index in [1.165, 1.54) is 10.9 Å². The van der Waals surface area contributed by atoms with Gasteiger partial charge in [-0.3, -0.25) is 14.8 Å². The minimum atomic E-state index is -0.496. The highest BCUT2D eigenvalue weighted by molar-refractivity contribution is 5.38. The van der Waals surface area contributed by atoms with E-state index in [1.54, 1.807) is 13.8 Å². The van der Waals surface area contributed by atoms with Crippen LogP contribution in [0.3, 0.4) is 0 Å². The van der Waals surface area contributed by atoms with Crippen molar-refractivity contribution in [2.45, 2.75) is 32.9 Å². The summed E-state index contributed by atoms with van der Waals surface area (Å²) in [5.41, 5.74) is 5.25.